The molecule has 392 valence electrons. The van der Waals surface area contributed by atoms with Crippen LogP contribution in [0.25, 0.3) is 83.1 Å². The van der Waals surface area contributed by atoms with Crippen molar-refractivity contribution in [1.29, 1.82) is 0 Å². The Morgan fingerprint density at radius 3 is 1.11 bits per heavy atom. The number of fused-ring (bicyclic) bond motifs is 3. The maximum atomic E-state index is 6.36. The summed E-state index contributed by atoms with van der Waals surface area (Å²) in [6.45, 7) is 16.7. The molecule has 6 nitrogen and oxygen atoms in total. The maximum absolute atomic E-state index is 6.36. The molecule has 0 spiro atoms. The van der Waals surface area contributed by atoms with E-state index in [-0.39, 0.29) is 0 Å². The number of benzene rings is 10. The van der Waals surface area contributed by atoms with Gasteiger partial charge in [-0.3, -0.25) is 0 Å². The van der Waals surface area contributed by atoms with E-state index < -0.39 is 36.6 Å². The summed E-state index contributed by atoms with van der Waals surface area (Å²) < 4.78 is 27.9. The van der Waals surface area contributed by atoms with E-state index in [1.807, 2.05) is 0 Å². The van der Waals surface area contributed by atoms with Gasteiger partial charge in [0, 0.05) is 33.5 Å². The van der Waals surface area contributed by atoms with Gasteiger partial charge in [-0.15, -0.1) is 0 Å². The van der Waals surface area contributed by atoms with Gasteiger partial charge >= 0.3 is 14.2 Å². The van der Waals surface area contributed by atoms with Crippen LogP contribution in [0.5, 0.6) is 0 Å². The Kier molecular flexibility index (Phi) is 12.7. The SMILES string of the molecule is CC1(C)OB(c2ccc(-c3ccc(N(c4ccc(-c5ccc(B6OC(C)(C)C(C)(C)O6)cc5)cc4)c4ccc(-c5ccc6c7ccccc7n(-c7cccc(-c8cccc(-c9ccccc9)c8)c7)c6c5)cc4)cc3)cc2)OC1(C)C. The van der Waals surface area contributed by atoms with Gasteiger partial charge in [0.2, 0.25) is 0 Å². The lowest BCUT2D eigenvalue weighted by atomic mass is 9.78. The molecule has 2 aliphatic rings. The molecule has 8 heteroatoms. The molecular formula is C72H64B2N2O4. The predicted octanol–water partition coefficient (Wildman–Crippen LogP) is 17.2. The zero-order valence-electron chi connectivity index (χ0n) is 46.8. The topological polar surface area (TPSA) is 45.1 Å². The van der Waals surface area contributed by atoms with Gasteiger partial charge in [-0.1, -0.05) is 176 Å². The summed E-state index contributed by atoms with van der Waals surface area (Å²) in [5.74, 6) is 0. The molecule has 1 aromatic heterocycles. The van der Waals surface area contributed by atoms with Crippen molar-refractivity contribution in [3.63, 3.8) is 0 Å². The molecule has 10 aromatic carbocycles. The van der Waals surface area contributed by atoms with Gasteiger partial charge in [0.05, 0.1) is 33.4 Å². The number of nitrogens with zero attached hydrogens (tertiary/aromatic N) is 2. The lowest BCUT2D eigenvalue weighted by Gasteiger charge is -2.32. The minimum Gasteiger partial charge on any atom is -0.399 e. The summed E-state index contributed by atoms with van der Waals surface area (Å²) in [5, 5.41) is 2.45. The highest BCUT2D eigenvalue weighted by atomic mass is 16.7. The van der Waals surface area contributed by atoms with Crippen molar-refractivity contribution in [2.45, 2.75) is 77.8 Å². The van der Waals surface area contributed by atoms with Crippen molar-refractivity contribution < 1.29 is 18.6 Å². The normalized spacial score (nSPS) is 16.1. The van der Waals surface area contributed by atoms with Crippen LogP contribution in [0.1, 0.15) is 55.4 Å². The van der Waals surface area contributed by atoms with Crippen LogP contribution in [-0.4, -0.2) is 41.2 Å². The molecule has 2 fully saturated rings. The summed E-state index contributed by atoms with van der Waals surface area (Å²) in [6.07, 6.45) is 0. The highest BCUT2D eigenvalue weighted by Crippen LogP contribution is 2.42. The number of hydrogen-bond acceptors (Lipinski definition) is 5. The number of hydrogen-bond donors (Lipinski definition) is 0. The quantitative estimate of drug-likeness (QED) is 0.121. The average Bonchev–Trinajstić information content (AvgIpc) is 4.04. The van der Waals surface area contributed by atoms with E-state index >= 15 is 0 Å². The van der Waals surface area contributed by atoms with Crippen LogP contribution in [-0.2, 0) is 18.6 Å². The van der Waals surface area contributed by atoms with Crippen molar-refractivity contribution in [1.82, 2.24) is 4.57 Å². The van der Waals surface area contributed by atoms with E-state index in [2.05, 4.69) is 308 Å². The van der Waals surface area contributed by atoms with Crippen molar-refractivity contribution in [3.05, 3.63) is 243 Å². The van der Waals surface area contributed by atoms with Gasteiger partial charge in [-0.25, -0.2) is 0 Å². The van der Waals surface area contributed by atoms with Gasteiger partial charge in [-0.2, -0.15) is 0 Å². The number of para-hydroxylation sites is 1. The van der Waals surface area contributed by atoms with Gasteiger partial charge < -0.3 is 28.1 Å². The minimum atomic E-state index is -0.406. The summed E-state index contributed by atoms with van der Waals surface area (Å²) >= 11 is 0. The van der Waals surface area contributed by atoms with Crippen LogP contribution in [0.4, 0.5) is 17.1 Å². The van der Waals surface area contributed by atoms with Gasteiger partial charge in [0.15, 0.2) is 0 Å². The summed E-state index contributed by atoms with van der Waals surface area (Å²) in [7, 11) is -0.813. The summed E-state index contributed by atoms with van der Waals surface area (Å²) in [5.41, 5.74) is 18.6. The molecule has 0 bridgehead atoms. The van der Waals surface area contributed by atoms with Crippen LogP contribution in [0.15, 0.2) is 243 Å². The largest absolute Gasteiger partial charge is 0.494 e. The zero-order valence-corrected chi connectivity index (χ0v) is 46.8. The molecule has 0 unspecified atom stereocenters. The van der Waals surface area contributed by atoms with E-state index in [0.717, 1.165) is 72.6 Å². The first-order valence-corrected chi connectivity index (χ1v) is 27.9. The van der Waals surface area contributed by atoms with Crippen LogP contribution >= 0.6 is 0 Å². The van der Waals surface area contributed by atoms with Crippen LogP contribution in [0, 0.1) is 0 Å². The summed E-state index contributed by atoms with van der Waals surface area (Å²) in [4.78, 5) is 2.34. The molecule has 2 aliphatic heterocycles. The third-order valence-corrected chi connectivity index (χ3v) is 17.3. The second-order valence-electron chi connectivity index (χ2n) is 23.5. The Morgan fingerprint density at radius 2 is 0.625 bits per heavy atom. The molecule has 11 aromatic rings. The highest BCUT2D eigenvalue weighted by Gasteiger charge is 2.52. The molecule has 0 aliphatic carbocycles. The minimum absolute atomic E-state index is 0.400. The first-order chi connectivity index (χ1) is 38.6. The molecule has 0 radical (unpaired) electrons. The second kappa shape index (κ2) is 19.8. The van der Waals surface area contributed by atoms with Crippen molar-refractivity contribution >= 4 is 64.0 Å². The van der Waals surface area contributed by atoms with Gasteiger partial charge in [-0.05, 0) is 189 Å². The van der Waals surface area contributed by atoms with E-state index in [9.17, 15) is 0 Å². The lowest BCUT2D eigenvalue weighted by Crippen LogP contribution is -2.41. The third-order valence-electron chi connectivity index (χ3n) is 17.3. The van der Waals surface area contributed by atoms with E-state index in [1.165, 1.54) is 38.5 Å². The Labute approximate surface area is 471 Å². The van der Waals surface area contributed by atoms with Crippen molar-refractivity contribution in [2.24, 2.45) is 0 Å². The molecule has 13 rings (SSSR count). The third kappa shape index (κ3) is 9.36. The smallest absolute Gasteiger partial charge is 0.399 e. The fourth-order valence-corrected chi connectivity index (χ4v) is 11.2. The van der Waals surface area contributed by atoms with E-state index in [4.69, 9.17) is 18.6 Å². The average molecular weight is 1040 g/mol. The number of anilines is 3. The Hall–Kier alpha value is -8.23. The second-order valence-corrected chi connectivity index (χ2v) is 23.5. The fraction of sp³-hybridized carbons (Fsp3) is 0.167. The molecule has 80 heavy (non-hydrogen) atoms. The fourth-order valence-electron chi connectivity index (χ4n) is 11.2. The molecular weight excluding hydrogens is 978 g/mol. The van der Waals surface area contributed by atoms with Gasteiger partial charge in [0.1, 0.15) is 0 Å². The first kappa shape index (κ1) is 51.2. The standard InChI is InChI=1S/C72H64B2N2O4/c1-69(2)70(3,4)78-73(77-69)59-35-24-50(25-36-59)52-28-39-61(40-29-52)75(62-41-30-53(31-42-62)51-26-37-60(38-27-51)74-79-71(5,6)72(7,8)80-74)63-43-32-54(33-44-63)58-34-45-66-65-22-12-13-23-67(65)76(68(66)48-58)64-21-15-20-57(47-64)56-19-14-18-55(46-56)49-16-10-9-11-17-49/h9-48H,1-8H3. The van der Waals surface area contributed by atoms with E-state index in [1.54, 1.807) is 0 Å². The molecule has 2 saturated heterocycles. The lowest BCUT2D eigenvalue weighted by molar-refractivity contribution is 0.00578. The predicted molar refractivity (Wildman–Crippen MR) is 334 cm³/mol. The number of aromatic nitrogens is 1. The number of rotatable bonds is 11. The van der Waals surface area contributed by atoms with Crippen molar-refractivity contribution in [2.75, 3.05) is 4.90 Å². The zero-order chi connectivity index (χ0) is 55.0. The molecule has 0 atom stereocenters. The Balaban J connectivity index is 0.825. The molecule has 3 heterocycles. The van der Waals surface area contributed by atoms with Crippen molar-refractivity contribution in [3.8, 4) is 61.3 Å². The molecule has 0 saturated carbocycles. The van der Waals surface area contributed by atoms with Crippen LogP contribution in [0.3, 0.4) is 0 Å². The van der Waals surface area contributed by atoms with Crippen LogP contribution in [0.2, 0.25) is 0 Å². The Morgan fingerprint density at radius 1 is 0.287 bits per heavy atom. The first-order valence-electron chi connectivity index (χ1n) is 27.9. The van der Waals surface area contributed by atoms with Crippen LogP contribution < -0.4 is 15.8 Å². The monoisotopic (exact) mass is 1040 g/mol. The highest BCUT2D eigenvalue weighted by molar-refractivity contribution is 6.62. The van der Waals surface area contributed by atoms with E-state index in [0.29, 0.717) is 0 Å². The maximum Gasteiger partial charge on any atom is 0.494 e. The molecule has 0 amide bonds. The molecule has 0 N–H and O–H groups in total. The van der Waals surface area contributed by atoms with Gasteiger partial charge in [0.25, 0.3) is 0 Å². The summed E-state index contributed by atoms with van der Waals surface area (Å²) in [6, 6.07) is 87.8. The Bertz CT molecular complexity index is 3900.